The van der Waals surface area contributed by atoms with Gasteiger partial charge in [0.25, 0.3) is 5.56 Å². The summed E-state index contributed by atoms with van der Waals surface area (Å²) >= 11 is 0. The molecule has 0 atom stereocenters. The van der Waals surface area contributed by atoms with Crippen molar-refractivity contribution in [2.24, 2.45) is 0 Å². The average Bonchev–Trinajstić information content (AvgIpc) is 3.52. The molecule has 47 heavy (non-hydrogen) atoms. The minimum absolute atomic E-state index is 0.0483. The van der Waals surface area contributed by atoms with E-state index in [1.54, 1.807) is 21.6 Å². The lowest BCUT2D eigenvalue weighted by Gasteiger charge is -2.25. The van der Waals surface area contributed by atoms with E-state index in [2.05, 4.69) is 4.98 Å². The van der Waals surface area contributed by atoms with Crippen LogP contribution in [0.4, 0.5) is 30.7 Å². The molecule has 0 radical (unpaired) electrons. The van der Waals surface area contributed by atoms with E-state index >= 15 is 0 Å². The summed E-state index contributed by atoms with van der Waals surface area (Å²) in [4.78, 5) is 32.5. The van der Waals surface area contributed by atoms with Gasteiger partial charge in [0.1, 0.15) is 18.2 Å². The van der Waals surface area contributed by atoms with Crippen molar-refractivity contribution in [1.82, 2.24) is 14.5 Å². The first-order valence-corrected chi connectivity index (χ1v) is 15.3. The van der Waals surface area contributed by atoms with Crippen LogP contribution in [-0.4, -0.2) is 26.9 Å². The Balaban J connectivity index is 1.34. The van der Waals surface area contributed by atoms with Gasteiger partial charge >= 0.3 is 12.4 Å². The number of carbonyl (C=O) groups excluding carboxylic acids is 1. The van der Waals surface area contributed by atoms with Gasteiger partial charge in [-0.25, -0.2) is 4.39 Å². The fourth-order valence-corrected chi connectivity index (χ4v) is 5.91. The van der Waals surface area contributed by atoms with E-state index in [9.17, 15) is 40.3 Å². The van der Waals surface area contributed by atoms with Gasteiger partial charge in [-0.05, 0) is 78.6 Å². The summed E-state index contributed by atoms with van der Waals surface area (Å²) < 4.78 is 94.2. The third kappa shape index (κ3) is 7.91. The van der Waals surface area contributed by atoms with Gasteiger partial charge in [0.05, 0.1) is 11.1 Å². The van der Waals surface area contributed by atoms with Crippen molar-refractivity contribution in [3.63, 3.8) is 0 Å². The maximum Gasteiger partial charge on any atom is 0.419 e. The second-order valence-electron chi connectivity index (χ2n) is 11.6. The highest BCUT2D eigenvalue weighted by Gasteiger charge is 2.34. The van der Waals surface area contributed by atoms with E-state index in [1.807, 2.05) is 19.1 Å². The van der Waals surface area contributed by atoms with Gasteiger partial charge in [-0.15, -0.1) is 0 Å². The summed E-state index contributed by atoms with van der Waals surface area (Å²) in [5, 5.41) is 0. The summed E-state index contributed by atoms with van der Waals surface area (Å²) in [5.74, 6) is -1.33. The van der Waals surface area contributed by atoms with Crippen molar-refractivity contribution in [3.05, 3.63) is 122 Å². The van der Waals surface area contributed by atoms with Crippen LogP contribution in [0, 0.1) is 5.82 Å². The van der Waals surface area contributed by atoms with Crippen molar-refractivity contribution >= 4 is 5.91 Å². The number of rotatable bonds is 10. The summed E-state index contributed by atoms with van der Waals surface area (Å²) in [5.41, 5.74) is 1.08. The third-order valence-corrected chi connectivity index (χ3v) is 8.30. The second-order valence-corrected chi connectivity index (χ2v) is 11.6. The van der Waals surface area contributed by atoms with Crippen LogP contribution in [-0.2, 0) is 55.9 Å². The molecule has 0 bridgehead atoms. The molecular formula is C35H32F7N3O2. The summed E-state index contributed by atoms with van der Waals surface area (Å²) in [6, 6.07) is 14.8. The number of fused-ring (bicyclic) bond motifs is 1. The molecule has 12 heteroatoms. The van der Waals surface area contributed by atoms with Crippen LogP contribution >= 0.6 is 0 Å². The lowest BCUT2D eigenvalue weighted by molar-refractivity contribution is -0.140. The first kappa shape index (κ1) is 33.9. The quantitative estimate of drug-likeness (QED) is 0.163. The van der Waals surface area contributed by atoms with Gasteiger partial charge in [-0.3, -0.25) is 9.59 Å². The number of benzene rings is 3. The molecule has 5 rings (SSSR count). The zero-order valence-electron chi connectivity index (χ0n) is 25.5. The van der Waals surface area contributed by atoms with Gasteiger partial charge in [0.15, 0.2) is 0 Å². The molecule has 5 nitrogen and oxygen atoms in total. The van der Waals surface area contributed by atoms with Crippen LogP contribution in [0.2, 0.25) is 0 Å². The predicted molar refractivity (Wildman–Crippen MR) is 162 cm³/mol. The van der Waals surface area contributed by atoms with Crippen molar-refractivity contribution in [2.75, 3.05) is 6.54 Å². The summed E-state index contributed by atoms with van der Waals surface area (Å²) in [6.45, 7) is 2.50. The number of nitrogens with zero attached hydrogens (tertiary/aromatic N) is 3. The Morgan fingerprint density at radius 2 is 1.49 bits per heavy atom. The highest BCUT2D eigenvalue weighted by atomic mass is 19.4. The minimum Gasteiger partial charge on any atom is -0.337 e. The van der Waals surface area contributed by atoms with Crippen LogP contribution in [0.25, 0.3) is 11.1 Å². The maximum absolute atomic E-state index is 13.8. The first-order valence-electron chi connectivity index (χ1n) is 15.3. The van der Waals surface area contributed by atoms with E-state index in [0.29, 0.717) is 49.0 Å². The second kappa shape index (κ2) is 13.7. The largest absolute Gasteiger partial charge is 0.419 e. The molecule has 248 valence electrons. The van der Waals surface area contributed by atoms with Crippen LogP contribution in [0.3, 0.4) is 0 Å². The fraction of sp³-hybridized carbons (Fsp3) is 0.343. The van der Waals surface area contributed by atoms with E-state index in [4.69, 9.17) is 0 Å². The molecule has 1 amide bonds. The number of hydrogen-bond acceptors (Lipinski definition) is 3. The first-order chi connectivity index (χ1) is 22.2. The molecule has 0 saturated carbocycles. The van der Waals surface area contributed by atoms with Crippen molar-refractivity contribution in [1.29, 1.82) is 0 Å². The van der Waals surface area contributed by atoms with Crippen molar-refractivity contribution in [3.8, 4) is 11.1 Å². The third-order valence-electron chi connectivity index (χ3n) is 8.30. The smallest absolute Gasteiger partial charge is 0.337 e. The minimum atomic E-state index is -4.86. The molecule has 1 aromatic heterocycles. The number of aryl methyl sites for hydroxylation is 2. The highest BCUT2D eigenvalue weighted by Crippen LogP contribution is 2.33. The SMILES string of the molecule is CCCN(Cc1ccc(-c2ccc(C(F)(F)F)cc2)cc1)C(=O)Cn1c(CCc2ccc(F)c(C(F)(F)F)c2)nc(=O)c2c1CCC2. The Bertz CT molecular complexity index is 1800. The maximum atomic E-state index is 13.8. The number of carbonyl (C=O) groups is 1. The monoisotopic (exact) mass is 659 g/mol. The number of alkyl halides is 6. The number of halogens is 7. The normalized spacial score (nSPS) is 13.1. The average molecular weight is 660 g/mol. The molecule has 1 aliphatic rings. The van der Waals surface area contributed by atoms with Crippen LogP contribution in [0.5, 0.6) is 0 Å². The van der Waals surface area contributed by atoms with Gasteiger partial charge in [-0.1, -0.05) is 49.4 Å². The van der Waals surface area contributed by atoms with E-state index in [0.717, 1.165) is 35.4 Å². The lowest BCUT2D eigenvalue weighted by atomic mass is 10.0. The molecule has 1 heterocycles. The zero-order chi connectivity index (χ0) is 33.9. The van der Waals surface area contributed by atoms with Gasteiger partial charge in [-0.2, -0.15) is 31.3 Å². The topological polar surface area (TPSA) is 55.2 Å². The molecule has 0 N–H and O–H groups in total. The number of amides is 1. The van der Waals surface area contributed by atoms with Crippen LogP contribution in [0.1, 0.15) is 59.1 Å². The Morgan fingerprint density at radius 3 is 2.11 bits per heavy atom. The van der Waals surface area contributed by atoms with E-state index < -0.39 is 34.9 Å². The highest BCUT2D eigenvalue weighted by molar-refractivity contribution is 5.76. The number of aromatic nitrogens is 2. The number of hydrogen-bond donors (Lipinski definition) is 0. The predicted octanol–water partition coefficient (Wildman–Crippen LogP) is 7.80. The van der Waals surface area contributed by atoms with Crippen molar-refractivity contribution < 1.29 is 35.5 Å². The lowest BCUT2D eigenvalue weighted by Crippen LogP contribution is -2.36. The molecule has 0 saturated heterocycles. The Hall–Kier alpha value is -4.48. The molecular weight excluding hydrogens is 627 g/mol. The molecule has 4 aromatic rings. The van der Waals surface area contributed by atoms with Crippen molar-refractivity contribution in [2.45, 2.75) is 70.9 Å². The van der Waals surface area contributed by atoms with Crippen LogP contribution < -0.4 is 5.56 Å². The zero-order valence-corrected chi connectivity index (χ0v) is 25.5. The Kier molecular flexibility index (Phi) is 9.88. The van der Waals surface area contributed by atoms with E-state index in [-0.39, 0.29) is 43.2 Å². The molecule has 1 aliphatic carbocycles. The van der Waals surface area contributed by atoms with Crippen LogP contribution in [0.15, 0.2) is 71.5 Å². The molecule has 0 spiro atoms. The summed E-state index contributed by atoms with van der Waals surface area (Å²) in [7, 11) is 0. The standard InChI is InChI=1S/C35H32F7N3O2/c1-2-18-44(20-23-6-10-24(11-7-23)25-12-14-26(15-13-25)34(37,38)39)32(46)21-45-30-5-3-4-27(30)33(47)43-31(45)17-9-22-8-16-29(36)28(19-22)35(40,41)42/h6-8,10-16,19H,2-5,9,17-18,20-21H2,1H3. The summed E-state index contributed by atoms with van der Waals surface area (Å²) in [6.07, 6.45) is -6.72. The van der Waals surface area contributed by atoms with Gasteiger partial charge in [0, 0.05) is 30.8 Å². The van der Waals surface area contributed by atoms with Gasteiger partial charge in [0.2, 0.25) is 5.91 Å². The molecule has 0 unspecified atom stereocenters. The molecule has 0 aliphatic heterocycles. The fourth-order valence-electron chi connectivity index (χ4n) is 5.91. The van der Waals surface area contributed by atoms with E-state index in [1.165, 1.54) is 18.2 Å². The Labute approximate surface area is 266 Å². The van der Waals surface area contributed by atoms with Gasteiger partial charge < -0.3 is 9.47 Å². The Morgan fingerprint density at radius 1 is 0.851 bits per heavy atom. The molecule has 3 aromatic carbocycles. The molecule has 0 fully saturated rings.